The van der Waals surface area contributed by atoms with E-state index in [1.54, 1.807) is 25.1 Å². The summed E-state index contributed by atoms with van der Waals surface area (Å²) < 4.78 is 5.01. The van der Waals surface area contributed by atoms with Gasteiger partial charge in [-0.3, -0.25) is 4.79 Å². The minimum absolute atomic E-state index is 0. The van der Waals surface area contributed by atoms with E-state index in [1.807, 2.05) is 48.5 Å². The van der Waals surface area contributed by atoms with Crippen molar-refractivity contribution in [2.45, 2.75) is 32.6 Å². The molecule has 0 saturated heterocycles. The van der Waals surface area contributed by atoms with Crippen molar-refractivity contribution in [3.63, 3.8) is 0 Å². The molecule has 1 amide bonds. The molecule has 1 heterocycles. The van der Waals surface area contributed by atoms with Crippen molar-refractivity contribution in [2.75, 3.05) is 23.8 Å². The number of ether oxygens (including phenoxy) is 1. The van der Waals surface area contributed by atoms with Crippen LogP contribution < -0.4 is 16.0 Å². The molecule has 2 aromatic carbocycles. The summed E-state index contributed by atoms with van der Waals surface area (Å²) >= 11 is 0. The first-order valence-corrected chi connectivity index (χ1v) is 13.2. The maximum Gasteiger partial charge on any atom is 0.356 e. The van der Waals surface area contributed by atoms with E-state index in [2.05, 4.69) is 20.9 Å². The maximum atomic E-state index is 12.6. The molecule has 2 atom stereocenters. The molecule has 3 aliphatic rings. The molecule has 3 aliphatic carbocycles. The zero-order valence-electron chi connectivity index (χ0n) is 21.0. The molecule has 0 aliphatic heterocycles. The van der Waals surface area contributed by atoms with E-state index in [0.717, 1.165) is 40.9 Å². The fourth-order valence-electron chi connectivity index (χ4n) is 6.07. The van der Waals surface area contributed by atoms with Gasteiger partial charge in [0.1, 0.15) is 5.82 Å². The van der Waals surface area contributed by atoms with Crippen molar-refractivity contribution < 1.29 is 18.6 Å². The Balaban J connectivity index is 0.00000147. The third-order valence-corrected chi connectivity index (χ3v) is 8.17. The number of hydrogen-bond donors (Lipinski definition) is 3. The first kappa shape index (κ1) is 23.5. The van der Waals surface area contributed by atoms with Crippen LogP contribution in [0.3, 0.4) is 0 Å². The Labute approximate surface area is 221 Å². The van der Waals surface area contributed by atoms with Gasteiger partial charge in [-0.25, -0.2) is 9.78 Å². The van der Waals surface area contributed by atoms with Crippen molar-refractivity contribution in [3.05, 3.63) is 78.0 Å². The molecular weight excluding hydrogens is 464 g/mol. The Hall–Kier alpha value is -3.87. The zero-order valence-corrected chi connectivity index (χ0v) is 21.0. The van der Waals surface area contributed by atoms with Gasteiger partial charge in [-0.2, -0.15) is 0 Å². The topological polar surface area (TPSA) is 92.4 Å². The van der Waals surface area contributed by atoms with Crippen LogP contribution >= 0.6 is 0 Å². The van der Waals surface area contributed by atoms with E-state index in [1.165, 1.54) is 25.7 Å². The van der Waals surface area contributed by atoms with Crippen molar-refractivity contribution in [3.8, 4) is 0 Å². The highest BCUT2D eigenvalue weighted by Gasteiger charge is 2.71. The van der Waals surface area contributed by atoms with E-state index < -0.39 is 5.97 Å². The fraction of sp³-hybridized carbons (Fsp3) is 0.367. The number of esters is 1. The average Bonchev–Trinajstić information content (AvgIpc) is 3.81. The molecule has 37 heavy (non-hydrogen) atoms. The lowest BCUT2D eigenvalue weighted by molar-refractivity contribution is 0.0519. The Morgan fingerprint density at radius 2 is 1.54 bits per heavy atom. The lowest BCUT2D eigenvalue weighted by Gasteiger charge is -2.21. The van der Waals surface area contributed by atoms with Gasteiger partial charge in [0.15, 0.2) is 5.69 Å². The fourth-order valence-corrected chi connectivity index (χ4v) is 6.07. The molecule has 2 unspecified atom stereocenters. The van der Waals surface area contributed by atoms with Gasteiger partial charge in [0.2, 0.25) is 0 Å². The van der Waals surface area contributed by atoms with E-state index >= 15 is 0 Å². The third-order valence-electron chi connectivity index (χ3n) is 8.17. The Kier molecular flexibility index (Phi) is 6.07. The zero-order chi connectivity index (χ0) is 25.4. The SMILES string of the molecule is CCOC(=O)c1cccc(Nc2ccc(Nc3ccc(C(=O)NCC4CC5CC56CC6C4)cc3)cc2)n1.[HH].[HH].[HH]. The molecule has 0 radical (unpaired) electrons. The predicted molar refractivity (Wildman–Crippen MR) is 150 cm³/mol. The molecular formula is C30H38N4O3. The monoisotopic (exact) mass is 502 g/mol. The molecule has 3 saturated carbocycles. The van der Waals surface area contributed by atoms with E-state index in [9.17, 15) is 9.59 Å². The van der Waals surface area contributed by atoms with Gasteiger partial charge in [-0.05, 0) is 116 Å². The average molecular weight is 503 g/mol. The second kappa shape index (κ2) is 9.54. The molecule has 1 aromatic heterocycles. The molecule has 3 fully saturated rings. The molecule has 196 valence electrons. The van der Waals surface area contributed by atoms with E-state index in [0.29, 0.717) is 23.9 Å². The number of hydrogen-bond acceptors (Lipinski definition) is 6. The van der Waals surface area contributed by atoms with Gasteiger partial charge in [-0.1, -0.05) is 6.07 Å². The molecule has 7 heteroatoms. The summed E-state index contributed by atoms with van der Waals surface area (Å²) in [5.41, 5.74) is 4.40. The first-order chi connectivity index (χ1) is 18.0. The van der Waals surface area contributed by atoms with Crippen LogP contribution in [0.5, 0.6) is 0 Å². The lowest BCUT2D eigenvalue weighted by Crippen LogP contribution is -2.30. The number of nitrogens with zero attached hydrogens (tertiary/aromatic N) is 1. The molecule has 3 aromatic rings. The molecule has 0 bridgehead atoms. The number of carbonyl (C=O) groups excluding carboxylic acids is 2. The summed E-state index contributed by atoms with van der Waals surface area (Å²) in [4.78, 5) is 28.9. The predicted octanol–water partition coefficient (Wildman–Crippen LogP) is 6.65. The number of amides is 1. The smallest absolute Gasteiger partial charge is 0.356 e. The summed E-state index contributed by atoms with van der Waals surface area (Å²) in [7, 11) is 0. The summed E-state index contributed by atoms with van der Waals surface area (Å²) in [6, 6.07) is 20.5. The number of carbonyl (C=O) groups is 2. The van der Waals surface area contributed by atoms with Crippen molar-refractivity contribution in [1.29, 1.82) is 0 Å². The third kappa shape index (κ3) is 5.03. The molecule has 7 nitrogen and oxygen atoms in total. The van der Waals surface area contributed by atoms with Crippen LogP contribution in [-0.4, -0.2) is 30.0 Å². The van der Waals surface area contributed by atoms with Crippen LogP contribution in [0.25, 0.3) is 0 Å². The summed E-state index contributed by atoms with van der Waals surface area (Å²) in [5.74, 6) is 2.67. The number of aromatic nitrogens is 1. The number of nitrogens with one attached hydrogen (secondary N) is 3. The van der Waals surface area contributed by atoms with Crippen LogP contribution in [0.15, 0.2) is 66.7 Å². The Bertz CT molecular complexity index is 1300. The number of benzene rings is 2. The first-order valence-electron chi connectivity index (χ1n) is 13.2. The summed E-state index contributed by atoms with van der Waals surface area (Å²) in [5, 5.41) is 9.73. The summed E-state index contributed by atoms with van der Waals surface area (Å²) in [6.45, 7) is 2.87. The van der Waals surface area contributed by atoms with E-state index in [4.69, 9.17) is 4.74 Å². The van der Waals surface area contributed by atoms with Crippen LogP contribution in [0.1, 0.15) is 57.7 Å². The van der Waals surface area contributed by atoms with Gasteiger partial charge in [0.25, 0.3) is 5.91 Å². The van der Waals surface area contributed by atoms with Crippen molar-refractivity contribution in [2.24, 2.45) is 23.2 Å². The quantitative estimate of drug-likeness (QED) is 0.284. The normalized spacial score (nSPS) is 24.7. The van der Waals surface area contributed by atoms with Gasteiger partial charge < -0.3 is 20.7 Å². The highest BCUT2D eigenvalue weighted by molar-refractivity contribution is 5.94. The molecule has 6 rings (SSSR count). The lowest BCUT2D eigenvalue weighted by atomic mass is 9.89. The molecule has 1 spiro atoms. The number of anilines is 4. The van der Waals surface area contributed by atoms with Crippen LogP contribution in [0.2, 0.25) is 0 Å². The standard InChI is InChI=1S/C30H32N4O3.3H2/c1-2-37-29(36)26-4-3-5-27(34-26)33-25-12-10-24(11-13-25)32-23-8-6-20(7-9-23)28(35)31-18-19-14-21-16-30(21)17-22(30)15-19;;;/h3-13,19,21-22,32H,2,14-18H2,1H3,(H,31,35)(H,33,34);3*1H. The highest BCUT2D eigenvalue weighted by Crippen LogP contribution is 2.80. The van der Waals surface area contributed by atoms with E-state index in [-0.39, 0.29) is 15.9 Å². The van der Waals surface area contributed by atoms with Crippen molar-refractivity contribution >= 4 is 34.8 Å². The van der Waals surface area contributed by atoms with Gasteiger partial charge in [0.05, 0.1) is 6.61 Å². The highest BCUT2D eigenvalue weighted by atomic mass is 16.5. The molecule has 3 N–H and O–H groups in total. The van der Waals surface area contributed by atoms with Crippen LogP contribution in [-0.2, 0) is 4.74 Å². The minimum Gasteiger partial charge on any atom is -0.461 e. The number of rotatable bonds is 9. The van der Waals surface area contributed by atoms with Crippen LogP contribution in [0.4, 0.5) is 22.9 Å². The maximum absolute atomic E-state index is 12.6. The van der Waals surface area contributed by atoms with Gasteiger partial charge in [-0.15, -0.1) is 0 Å². The van der Waals surface area contributed by atoms with Crippen LogP contribution in [0, 0.1) is 23.2 Å². The van der Waals surface area contributed by atoms with Gasteiger partial charge in [0, 0.05) is 33.5 Å². The second-order valence-corrected chi connectivity index (χ2v) is 10.6. The Morgan fingerprint density at radius 1 is 0.919 bits per heavy atom. The Morgan fingerprint density at radius 3 is 2.19 bits per heavy atom. The number of pyridine rings is 1. The summed E-state index contributed by atoms with van der Waals surface area (Å²) in [6.07, 6.45) is 5.48. The van der Waals surface area contributed by atoms with Gasteiger partial charge >= 0.3 is 5.97 Å². The van der Waals surface area contributed by atoms with Crippen molar-refractivity contribution in [1.82, 2.24) is 10.3 Å². The second-order valence-electron chi connectivity index (χ2n) is 10.6. The minimum atomic E-state index is -0.439. The largest absolute Gasteiger partial charge is 0.461 e.